The fourth-order valence-electron chi connectivity index (χ4n) is 3.17. The van der Waals surface area contributed by atoms with E-state index in [4.69, 9.17) is 0 Å². The Bertz CT molecular complexity index is 963. The molecule has 0 radical (unpaired) electrons. The van der Waals surface area contributed by atoms with Gasteiger partial charge in [-0.05, 0) is 42.8 Å². The summed E-state index contributed by atoms with van der Waals surface area (Å²) in [7, 11) is 0. The fourth-order valence-corrected chi connectivity index (χ4v) is 3.17. The highest BCUT2D eigenvalue weighted by molar-refractivity contribution is 6.12. The summed E-state index contributed by atoms with van der Waals surface area (Å²) in [6.45, 7) is 0.727. The first-order valence-electron chi connectivity index (χ1n) is 8.28. The largest absolute Gasteiger partial charge is 0.322 e. The molecule has 2 heterocycles. The van der Waals surface area contributed by atoms with Gasteiger partial charge in [0.2, 0.25) is 5.91 Å². The molecule has 0 bridgehead atoms. The average molecular weight is 331 g/mol. The van der Waals surface area contributed by atoms with Crippen LogP contribution in [-0.2, 0) is 4.79 Å². The predicted octanol–water partition coefficient (Wildman–Crippen LogP) is 3.61. The molecule has 4 rings (SSSR count). The van der Waals surface area contributed by atoms with E-state index in [0.717, 1.165) is 29.6 Å². The molecule has 0 atom stereocenters. The number of anilines is 2. The topological polar surface area (TPSA) is 62.3 Å². The van der Waals surface area contributed by atoms with Crippen LogP contribution in [0.2, 0.25) is 0 Å². The van der Waals surface area contributed by atoms with E-state index in [-0.39, 0.29) is 11.8 Å². The van der Waals surface area contributed by atoms with Gasteiger partial charge < -0.3 is 10.2 Å². The standard InChI is InChI=1S/C20H17N3O2/c24-19-10-4-12-23(19)15-6-1-5-14(13-15)22-20(25)17-7-2-9-18-16(17)8-3-11-21-18/h1-3,5-9,11,13H,4,10,12H2,(H,22,25). The highest BCUT2D eigenvalue weighted by Gasteiger charge is 2.22. The first-order valence-corrected chi connectivity index (χ1v) is 8.28. The zero-order chi connectivity index (χ0) is 17.2. The lowest BCUT2D eigenvalue weighted by molar-refractivity contribution is -0.117. The Hall–Kier alpha value is -3.21. The SMILES string of the molecule is O=C(Nc1cccc(N2CCCC2=O)c1)c1cccc2ncccc12. The minimum absolute atomic E-state index is 0.128. The number of carbonyl (C=O) groups is 2. The quantitative estimate of drug-likeness (QED) is 0.797. The average Bonchev–Trinajstić information content (AvgIpc) is 3.07. The van der Waals surface area contributed by atoms with Crippen molar-refractivity contribution in [2.24, 2.45) is 0 Å². The summed E-state index contributed by atoms with van der Waals surface area (Å²) in [5.41, 5.74) is 2.85. The Morgan fingerprint density at radius 3 is 2.80 bits per heavy atom. The molecule has 124 valence electrons. The first-order chi connectivity index (χ1) is 12.2. The van der Waals surface area contributed by atoms with Crippen molar-refractivity contribution in [3.63, 3.8) is 0 Å². The number of carbonyl (C=O) groups excluding carboxylic acids is 2. The van der Waals surface area contributed by atoms with E-state index >= 15 is 0 Å². The molecule has 1 aliphatic heterocycles. The Balaban J connectivity index is 1.61. The maximum atomic E-state index is 12.7. The highest BCUT2D eigenvalue weighted by atomic mass is 16.2. The van der Waals surface area contributed by atoms with E-state index in [1.165, 1.54) is 0 Å². The molecule has 0 unspecified atom stereocenters. The third kappa shape index (κ3) is 2.96. The number of hydrogen-bond donors (Lipinski definition) is 1. The van der Waals surface area contributed by atoms with Crippen LogP contribution < -0.4 is 10.2 Å². The lowest BCUT2D eigenvalue weighted by atomic mass is 10.1. The van der Waals surface area contributed by atoms with Crippen molar-refractivity contribution in [2.45, 2.75) is 12.8 Å². The molecule has 1 aliphatic rings. The molecule has 0 spiro atoms. The number of pyridine rings is 1. The van der Waals surface area contributed by atoms with Crippen LogP contribution in [0.4, 0.5) is 11.4 Å². The van der Waals surface area contributed by atoms with Gasteiger partial charge in [0.05, 0.1) is 5.52 Å². The predicted molar refractivity (Wildman–Crippen MR) is 97.7 cm³/mol. The van der Waals surface area contributed by atoms with Gasteiger partial charge in [-0.2, -0.15) is 0 Å². The van der Waals surface area contributed by atoms with Crippen LogP contribution in [0.15, 0.2) is 60.8 Å². The number of rotatable bonds is 3. The lowest BCUT2D eigenvalue weighted by Gasteiger charge is -2.17. The van der Waals surface area contributed by atoms with Gasteiger partial charge in [-0.1, -0.05) is 18.2 Å². The minimum Gasteiger partial charge on any atom is -0.322 e. The molecule has 0 aliphatic carbocycles. The molecular weight excluding hydrogens is 314 g/mol. The van der Waals surface area contributed by atoms with Gasteiger partial charge in [0.25, 0.3) is 5.91 Å². The van der Waals surface area contributed by atoms with E-state index in [1.54, 1.807) is 17.2 Å². The van der Waals surface area contributed by atoms with Crippen LogP contribution in [0.25, 0.3) is 10.9 Å². The van der Waals surface area contributed by atoms with Gasteiger partial charge in [0, 0.05) is 41.5 Å². The molecule has 5 heteroatoms. The van der Waals surface area contributed by atoms with Crippen molar-refractivity contribution in [3.8, 4) is 0 Å². The normalized spacial score (nSPS) is 14.1. The summed E-state index contributed by atoms with van der Waals surface area (Å²) in [5, 5.41) is 3.74. The molecular formula is C20H17N3O2. The summed E-state index contributed by atoms with van der Waals surface area (Å²) in [4.78, 5) is 30.7. The summed E-state index contributed by atoms with van der Waals surface area (Å²) in [5.74, 6) is -0.0629. The number of benzene rings is 2. The van der Waals surface area contributed by atoms with Crippen molar-refractivity contribution in [1.29, 1.82) is 0 Å². The molecule has 1 fully saturated rings. The smallest absolute Gasteiger partial charge is 0.256 e. The Labute approximate surface area is 145 Å². The summed E-state index contributed by atoms with van der Waals surface area (Å²) < 4.78 is 0. The van der Waals surface area contributed by atoms with E-state index < -0.39 is 0 Å². The third-order valence-corrected chi connectivity index (χ3v) is 4.38. The van der Waals surface area contributed by atoms with Crippen LogP contribution >= 0.6 is 0 Å². The van der Waals surface area contributed by atoms with E-state index in [2.05, 4.69) is 10.3 Å². The molecule has 1 aromatic heterocycles. The van der Waals surface area contributed by atoms with Gasteiger partial charge in [0.15, 0.2) is 0 Å². The van der Waals surface area contributed by atoms with Crippen molar-refractivity contribution < 1.29 is 9.59 Å². The molecule has 2 aromatic carbocycles. The maximum Gasteiger partial charge on any atom is 0.256 e. The van der Waals surface area contributed by atoms with Crippen LogP contribution in [0.5, 0.6) is 0 Å². The number of aromatic nitrogens is 1. The number of amides is 2. The second-order valence-electron chi connectivity index (χ2n) is 6.03. The molecule has 1 saturated heterocycles. The Kier molecular flexibility index (Phi) is 3.90. The van der Waals surface area contributed by atoms with E-state index in [9.17, 15) is 9.59 Å². The number of nitrogens with one attached hydrogen (secondary N) is 1. The monoisotopic (exact) mass is 331 g/mol. The summed E-state index contributed by atoms with van der Waals surface area (Å²) in [6.07, 6.45) is 3.17. The van der Waals surface area contributed by atoms with Gasteiger partial charge in [-0.3, -0.25) is 14.6 Å². The van der Waals surface area contributed by atoms with Crippen LogP contribution in [0, 0.1) is 0 Å². The Morgan fingerprint density at radius 1 is 1.08 bits per heavy atom. The first kappa shape index (κ1) is 15.3. The van der Waals surface area contributed by atoms with Crippen molar-refractivity contribution in [3.05, 3.63) is 66.4 Å². The fraction of sp³-hybridized carbons (Fsp3) is 0.150. The third-order valence-electron chi connectivity index (χ3n) is 4.38. The van der Waals surface area contributed by atoms with Crippen molar-refractivity contribution in [2.75, 3.05) is 16.8 Å². The minimum atomic E-state index is -0.191. The van der Waals surface area contributed by atoms with Gasteiger partial charge in [0.1, 0.15) is 0 Å². The molecule has 0 saturated carbocycles. The van der Waals surface area contributed by atoms with Gasteiger partial charge in [-0.25, -0.2) is 0 Å². The summed E-state index contributed by atoms with van der Waals surface area (Å²) >= 11 is 0. The highest BCUT2D eigenvalue weighted by Crippen LogP contribution is 2.25. The van der Waals surface area contributed by atoms with Crippen LogP contribution in [-0.4, -0.2) is 23.3 Å². The molecule has 5 nitrogen and oxygen atoms in total. The molecule has 2 amide bonds. The van der Waals surface area contributed by atoms with Crippen LogP contribution in [0.3, 0.4) is 0 Å². The number of hydrogen-bond acceptors (Lipinski definition) is 3. The lowest BCUT2D eigenvalue weighted by Crippen LogP contribution is -2.23. The second-order valence-corrected chi connectivity index (χ2v) is 6.03. The van der Waals surface area contributed by atoms with Crippen molar-refractivity contribution >= 4 is 34.1 Å². The molecule has 3 aromatic rings. The van der Waals surface area contributed by atoms with Gasteiger partial charge in [-0.15, -0.1) is 0 Å². The van der Waals surface area contributed by atoms with E-state index in [1.807, 2.05) is 48.5 Å². The van der Waals surface area contributed by atoms with Crippen molar-refractivity contribution in [1.82, 2.24) is 4.98 Å². The molecule has 1 N–H and O–H groups in total. The number of fused-ring (bicyclic) bond motifs is 1. The van der Waals surface area contributed by atoms with Crippen LogP contribution in [0.1, 0.15) is 23.2 Å². The van der Waals surface area contributed by atoms with Gasteiger partial charge >= 0.3 is 0 Å². The number of nitrogens with zero attached hydrogens (tertiary/aromatic N) is 2. The molecule has 25 heavy (non-hydrogen) atoms. The zero-order valence-electron chi connectivity index (χ0n) is 13.6. The van der Waals surface area contributed by atoms with E-state index in [0.29, 0.717) is 17.7 Å². The second kappa shape index (κ2) is 6.36. The summed E-state index contributed by atoms with van der Waals surface area (Å²) in [6, 6.07) is 16.6. The Morgan fingerprint density at radius 2 is 1.96 bits per heavy atom. The zero-order valence-corrected chi connectivity index (χ0v) is 13.6. The maximum absolute atomic E-state index is 12.7.